The summed E-state index contributed by atoms with van der Waals surface area (Å²) in [5.41, 5.74) is 0. The van der Waals surface area contributed by atoms with E-state index >= 15 is 0 Å². The minimum Gasteiger partial charge on any atom is -0.370 e. The summed E-state index contributed by atoms with van der Waals surface area (Å²) in [5.74, 6) is 0.942. The molecule has 1 atom stereocenters. The van der Waals surface area contributed by atoms with Gasteiger partial charge < -0.3 is 5.32 Å². The summed E-state index contributed by atoms with van der Waals surface area (Å²) in [6, 6.07) is 2.05. The van der Waals surface area contributed by atoms with Crippen LogP contribution in [-0.4, -0.2) is 28.0 Å². The molecule has 0 aliphatic carbocycles. The molecule has 3 nitrogen and oxygen atoms in total. The first-order valence-electron chi connectivity index (χ1n) is 6.03. The molecule has 1 unspecified atom stereocenters. The van der Waals surface area contributed by atoms with Crippen LogP contribution in [0, 0.1) is 0 Å². The molecule has 0 bridgehead atoms. The maximum atomic E-state index is 4.52. The molecule has 1 rings (SSSR count). The van der Waals surface area contributed by atoms with E-state index in [9.17, 15) is 0 Å². The summed E-state index contributed by atoms with van der Waals surface area (Å²) in [6.45, 7) is 7.53. The van der Waals surface area contributed by atoms with Gasteiger partial charge in [0.1, 0.15) is 10.8 Å². The third-order valence-corrected chi connectivity index (χ3v) is 4.05. The van der Waals surface area contributed by atoms with Gasteiger partial charge in [0.2, 0.25) is 0 Å². The fourth-order valence-corrected chi connectivity index (χ4v) is 2.52. The molecular weight excluding hydrogens is 250 g/mol. The second-order valence-electron chi connectivity index (χ2n) is 3.84. The minimum atomic E-state index is 0.596. The first-order chi connectivity index (χ1) is 8.19. The van der Waals surface area contributed by atoms with Crippen molar-refractivity contribution in [1.82, 2.24) is 9.97 Å². The Morgan fingerprint density at radius 1 is 1.35 bits per heavy atom. The monoisotopic (exact) mass is 271 g/mol. The summed E-state index contributed by atoms with van der Waals surface area (Å²) in [4.78, 5) is 8.97. The quantitative estimate of drug-likeness (QED) is 0.462. The van der Waals surface area contributed by atoms with Crippen LogP contribution in [0.2, 0.25) is 0 Å². The normalized spacial score (nSPS) is 12.5. The molecular formula is C12H21N3S2. The molecule has 1 N–H and O–H groups in total. The standard InChI is InChI=1S/C12H21N3S2/c1-5-7-13-10-8-11(17-9(3)6-2)15-12(14-10)16-4/h8-9H,5-7H2,1-4H3,(H,13,14,15). The van der Waals surface area contributed by atoms with Crippen molar-refractivity contribution in [3.05, 3.63) is 6.07 Å². The van der Waals surface area contributed by atoms with Gasteiger partial charge in [-0.1, -0.05) is 32.5 Å². The zero-order chi connectivity index (χ0) is 12.7. The van der Waals surface area contributed by atoms with Gasteiger partial charge in [0.25, 0.3) is 0 Å². The third-order valence-electron chi connectivity index (χ3n) is 2.32. The van der Waals surface area contributed by atoms with Gasteiger partial charge in [-0.05, 0) is 19.1 Å². The van der Waals surface area contributed by atoms with Gasteiger partial charge in [0, 0.05) is 17.9 Å². The number of nitrogens with zero attached hydrogens (tertiary/aromatic N) is 2. The van der Waals surface area contributed by atoms with E-state index in [1.165, 1.54) is 0 Å². The van der Waals surface area contributed by atoms with E-state index < -0.39 is 0 Å². The molecule has 5 heteroatoms. The first kappa shape index (κ1) is 14.6. The van der Waals surface area contributed by atoms with Crippen LogP contribution in [0.15, 0.2) is 16.2 Å². The molecule has 1 aromatic heterocycles. The Morgan fingerprint density at radius 3 is 2.71 bits per heavy atom. The molecule has 1 heterocycles. The van der Waals surface area contributed by atoms with Gasteiger partial charge in [0.15, 0.2) is 5.16 Å². The Balaban J connectivity index is 2.80. The zero-order valence-electron chi connectivity index (χ0n) is 11.0. The Kier molecular flexibility index (Phi) is 6.73. The van der Waals surface area contributed by atoms with Gasteiger partial charge >= 0.3 is 0 Å². The van der Waals surface area contributed by atoms with Gasteiger partial charge in [-0.25, -0.2) is 9.97 Å². The number of hydrogen-bond acceptors (Lipinski definition) is 5. The SMILES string of the molecule is CCCNc1cc(SC(C)CC)nc(SC)n1. The van der Waals surface area contributed by atoms with E-state index in [1.807, 2.05) is 24.1 Å². The second kappa shape index (κ2) is 7.82. The van der Waals surface area contributed by atoms with Crippen molar-refractivity contribution in [2.24, 2.45) is 0 Å². The molecule has 0 spiro atoms. The molecule has 0 saturated carbocycles. The number of rotatable bonds is 7. The van der Waals surface area contributed by atoms with Gasteiger partial charge in [-0.15, -0.1) is 11.8 Å². The van der Waals surface area contributed by atoms with Crippen molar-refractivity contribution in [2.45, 2.75) is 49.0 Å². The van der Waals surface area contributed by atoms with E-state index in [1.54, 1.807) is 11.8 Å². The number of hydrogen-bond donors (Lipinski definition) is 1. The highest BCUT2D eigenvalue weighted by Gasteiger charge is 2.07. The van der Waals surface area contributed by atoms with Crippen LogP contribution in [0.3, 0.4) is 0 Å². The lowest BCUT2D eigenvalue weighted by Crippen LogP contribution is -2.04. The Labute approximate surface area is 113 Å². The average Bonchev–Trinajstić information content (AvgIpc) is 2.35. The molecule has 1 aromatic rings. The van der Waals surface area contributed by atoms with Gasteiger partial charge in [0.05, 0.1) is 0 Å². The summed E-state index contributed by atoms with van der Waals surface area (Å²) >= 11 is 3.41. The minimum absolute atomic E-state index is 0.596. The second-order valence-corrected chi connectivity index (χ2v) is 6.07. The van der Waals surface area contributed by atoms with Crippen molar-refractivity contribution in [3.63, 3.8) is 0 Å². The smallest absolute Gasteiger partial charge is 0.190 e. The maximum absolute atomic E-state index is 4.52. The highest BCUT2D eigenvalue weighted by molar-refractivity contribution is 8.00. The van der Waals surface area contributed by atoms with Crippen LogP contribution in [0.25, 0.3) is 0 Å². The largest absolute Gasteiger partial charge is 0.370 e. The molecule has 0 aliphatic heterocycles. The fourth-order valence-electron chi connectivity index (χ4n) is 1.19. The van der Waals surface area contributed by atoms with Crippen LogP contribution in [0.5, 0.6) is 0 Å². The maximum Gasteiger partial charge on any atom is 0.190 e. The number of anilines is 1. The molecule has 0 aromatic carbocycles. The Morgan fingerprint density at radius 2 is 2.12 bits per heavy atom. The first-order valence-corrected chi connectivity index (χ1v) is 8.13. The summed E-state index contributed by atoms with van der Waals surface area (Å²) < 4.78 is 0. The van der Waals surface area contributed by atoms with E-state index in [0.29, 0.717) is 5.25 Å². The van der Waals surface area contributed by atoms with Crippen LogP contribution >= 0.6 is 23.5 Å². The molecule has 0 radical (unpaired) electrons. The predicted molar refractivity (Wildman–Crippen MR) is 78.2 cm³/mol. The molecule has 96 valence electrons. The zero-order valence-corrected chi connectivity index (χ0v) is 12.6. The van der Waals surface area contributed by atoms with E-state index in [4.69, 9.17) is 0 Å². The van der Waals surface area contributed by atoms with Crippen LogP contribution in [-0.2, 0) is 0 Å². The highest BCUT2D eigenvalue weighted by Crippen LogP contribution is 2.26. The Bertz CT molecular complexity index is 345. The lowest BCUT2D eigenvalue weighted by molar-refractivity contribution is 0.862. The fraction of sp³-hybridized carbons (Fsp3) is 0.667. The van der Waals surface area contributed by atoms with Crippen molar-refractivity contribution in [2.75, 3.05) is 18.1 Å². The summed E-state index contributed by atoms with van der Waals surface area (Å²) in [6.07, 6.45) is 4.27. The molecule has 0 saturated heterocycles. The van der Waals surface area contributed by atoms with Crippen molar-refractivity contribution < 1.29 is 0 Å². The third kappa shape index (κ3) is 5.17. The topological polar surface area (TPSA) is 37.8 Å². The van der Waals surface area contributed by atoms with Crippen molar-refractivity contribution in [1.29, 1.82) is 0 Å². The predicted octanol–water partition coefficient (Wildman–Crippen LogP) is 3.91. The van der Waals surface area contributed by atoms with Crippen molar-refractivity contribution >= 4 is 29.3 Å². The average molecular weight is 271 g/mol. The molecule has 17 heavy (non-hydrogen) atoms. The highest BCUT2D eigenvalue weighted by atomic mass is 32.2. The molecule has 0 amide bonds. The lowest BCUT2D eigenvalue weighted by Gasteiger charge is -2.10. The summed E-state index contributed by atoms with van der Waals surface area (Å²) in [5, 5.41) is 5.83. The van der Waals surface area contributed by atoms with Crippen molar-refractivity contribution in [3.8, 4) is 0 Å². The van der Waals surface area contributed by atoms with Crippen LogP contribution in [0.1, 0.15) is 33.6 Å². The van der Waals surface area contributed by atoms with E-state index in [-0.39, 0.29) is 0 Å². The van der Waals surface area contributed by atoms with E-state index in [0.717, 1.165) is 35.4 Å². The number of aromatic nitrogens is 2. The number of nitrogens with one attached hydrogen (secondary N) is 1. The lowest BCUT2D eigenvalue weighted by atomic mass is 10.4. The molecule has 0 aliphatic rings. The Hall–Kier alpha value is -0.420. The van der Waals surface area contributed by atoms with Gasteiger partial charge in [-0.2, -0.15) is 0 Å². The van der Waals surface area contributed by atoms with E-state index in [2.05, 4.69) is 36.1 Å². The number of thioether (sulfide) groups is 2. The van der Waals surface area contributed by atoms with Crippen LogP contribution in [0.4, 0.5) is 5.82 Å². The van der Waals surface area contributed by atoms with Crippen LogP contribution < -0.4 is 5.32 Å². The van der Waals surface area contributed by atoms with Gasteiger partial charge in [-0.3, -0.25) is 0 Å². The summed E-state index contributed by atoms with van der Waals surface area (Å²) in [7, 11) is 0. The molecule has 0 fully saturated rings.